The lowest BCUT2D eigenvalue weighted by atomic mass is 10.1. The van der Waals surface area contributed by atoms with Gasteiger partial charge in [0.1, 0.15) is 5.75 Å². The van der Waals surface area contributed by atoms with Crippen molar-refractivity contribution in [1.29, 1.82) is 0 Å². The molecule has 0 unspecified atom stereocenters. The second-order valence-corrected chi connectivity index (χ2v) is 5.86. The van der Waals surface area contributed by atoms with E-state index in [1.54, 1.807) is 0 Å². The topological polar surface area (TPSA) is 53.4 Å². The van der Waals surface area contributed by atoms with Crippen molar-refractivity contribution in [2.24, 2.45) is 0 Å². The molecule has 0 saturated heterocycles. The first-order valence-corrected chi connectivity index (χ1v) is 8.47. The van der Waals surface area contributed by atoms with Gasteiger partial charge in [0.2, 0.25) is 0 Å². The summed E-state index contributed by atoms with van der Waals surface area (Å²) in [4.78, 5) is 11.3. The Morgan fingerprint density at radius 2 is 1.92 bits per heavy atom. The summed E-state index contributed by atoms with van der Waals surface area (Å²) in [7, 11) is 0. The third-order valence-electron chi connectivity index (χ3n) is 3.78. The molecule has 0 saturated carbocycles. The largest absolute Gasteiger partial charge is 0.471 e. The second kappa shape index (κ2) is 9.11. The third kappa shape index (κ3) is 5.72. The van der Waals surface area contributed by atoms with E-state index in [9.17, 15) is 4.79 Å². The number of aryl methyl sites for hydroxylation is 3. The van der Waals surface area contributed by atoms with E-state index in [0.29, 0.717) is 19.8 Å². The number of benzene rings is 1. The SMILES string of the molecule is CCOC(=O)CCCCc1ccc(OCn2nc(C)cc2C)cc1. The van der Waals surface area contributed by atoms with Gasteiger partial charge in [0.05, 0.1) is 12.3 Å². The van der Waals surface area contributed by atoms with Crippen molar-refractivity contribution < 1.29 is 14.3 Å². The molecule has 2 aromatic rings. The number of aromatic nitrogens is 2. The maximum Gasteiger partial charge on any atom is 0.305 e. The van der Waals surface area contributed by atoms with Crippen LogP contribution in [0.25, 0.3) is 0 Å². The zero-order chi connectivity index (χ0) is 17.4. The molecule has 1 aromatic carbocycles. The summed E-state index contributed by atoms with van der Waals surface area (Å²) in [5.41, 5.74) is 3.33. The Kier molecular flexibility index (Phi) is 6.85. The van der Waals surface area contributed by atoms with E-state index in [4.69, 9.17) is 9.47 Å². The van der Waals surface area contributed by atoms with Crippen LogP contribution >= 0.6 is 0 Å². The second-order valence-electron chi connectivity index (χ2n) is 5.86. The first kappa shape index (κ1) is 18.0. The summed E-state index contributed by atoms with van der Waals surface area (Å²) in [5, 5.41) is 4.37. The molecule has 0 aliphatic heterocycles. The summed E-state index contributed by atoms with van der Waals surface area (Å²) < 4.78 is 12.5. The third-order valence-corrected chi connectivity index (χ3v) is 3.78. The normalized spacial score (nSPS) is 10.6. The molecule has 0 amide bonds. The van der Waals surface area contributed by atoms with Crippen molar-refractivity contribution in [3.05, 3.63) is 47.3 Å². The molecule has 5 nitrogen and oxygen atoms in total. The average Bonchev–Trinajstić information content (AvgIpc) is 2.88. The molecule has 0 aliphatic rings. The van der Waals surface area contributed by atoms with Gasteiger partial charge in [0.25, 0.3) is 0 Å². The van der Waals surface area contributed by atoms with Crippen molar-refractivity contribution in [3.63, 3.8) is 0 Å². The molecule has 0 aliphatic carbocycles. The number of ether oxygens (including phenoxy) is 2. The van der Waals surface area contributed by atoms with E-state index in [1.807, 2.05) is 43.7 Å². The van der Waals surface area contributed by atoms with Gasteiger partial charge in [-0.15, -0.1) is 0 Å². The molecule has 24 heavy (non-hydrogen) atoms. The maximum atomic E-state index is 11.3. The molecule has 0 fully saturated rings. The number of carbonyl (C=O) groups excluding carboxylic acids is 1. The number of carbonyl (C=O) groups is 1. The van der Waals surface area contributed by atoms with Crippen LogP contribution in [0.2, 0.25) is 0 Å². The monoisotopic (exact) mass is 330 g/mol. The zero-order valence-electron chi connectivity index (χ0n) is 14.7. The van der Waals surface area contributed by atoms with Crippen molar-refractivity contribution in [2.45, 2.75) is 53.2 Å². The minimum Gasteiger partial charge on any atom is -0.471 e. The fourth-order valence-electron chi connectivity index (χ4n) is 2.53. The lowest BCUT2D eigenvalue weighted by molar-refractivity contribution is -0.143. The van der Waals surface area contributed by atoms with Gasteiger partial charge in [0, 0.05) is 12.1 Å². The van der Waals surface area contributed by atoms with Gasteiger partial charge < -0.3 is 9.47 Å². The minimum atomic E-state index is -0.106. The summed E-state index contributed by atoms with van der Waals surface area (Å²) in [5.74, 6) is 0.725. The van der Waals surface area contributed by atoms with Crippen molar-refractivity contribution in [3.8, 4) is 5.75 Å². The predicted octanol–water partition coefficient (Wildman–Crippen LogP) is 3.81. The van der Waals surface area contributed by atoms with E-state index in [0.717, 1.165) is 36.4 Å². The van der Waals surface area contributed by atoms with Crippen molar-refractivity contribution >= 4 is 5.97 Å². The number of hydrogen-bond donors (Lipinski definition) is 0. The summed E-state index contributed by atoms with van der Waals surface area (Å²) in [6.07, 6.45) is 3.29. The molecule has 2 rings (SSSR count). The highest BCUT2D eigenvalue weighted by Crippen LogP contribution is 2.15. The number of rotatable bonds is 9. The maximum absolute atomic E-state index is 11.3. The van der Waals surface area contributed by atoms with Gasteiger partial charge in [-0.2, -0.15) is 5.10 Å². The molecule has 0 N–H and O–H groups in total. The van der Waals surface area contributed by atoms with Crippen LogP contribution in [0.1, 0.15) is 43.1 Å². The van der Waals surface area contributed by atoms with Gasteiger partial charge in [-0.1, -0.05) is 12.1 Å². The molecular formula is C19H26N2O3. The number of nitrogens with zero attached hydrogens (tertiary/aromatic N) is 2. The van der Waals surface area contributed by atoms with Gasteiger partial charge >= 0.3 is 5.97 Å². The smallest absolute Gasteiger partial charge is 0.305 e. The van der Waals surface area contributed by atoms with E-state index in [2.05, 4.69) is 17.2 Å². The highest BCUT2D eigenvalue weighted by molar-refractivity contribution is 5.69. The fraction of sp³-hybridized carbons (Fsp3) is 0.474. The van der Waals surface area contributed by atoms with E-state index >= 15 is 0 Å². The Bertz CT molecular complexity index is 647. The van der Waals surface area contributed by atoms with Crippen LogP contribution in [0.3, 0.4) is 0 Å². The Hall–Kier alpha value is -2.30. The Morgan fingerprint density at radius 3 is 2.54 bits per heavy atom. The molecule has 0 radical (unpaired) electrons. The van der Waals surface area contributed by atoms with Gasteiger partial charge in [0.15, 0.2) is 6.73 Å². The predicted molar refractivity (Wildman–Crippen MR) is 93.0 cm³/mol. The van der Waals surface area contributed by atoms with Gasteiger partial charge in [-0.25, -0.2) is 4.68 Å². The minimum absolute atomic E-state index is 0.106. The van der Waals surface area contributed by atoms with Gasteiger partial charge in [-0.3, -0.25) is 4.79 Å². The van der Waals surface area contributed by atoms with Gasteiger partial charge in [-0.05, 0) is 63.8 Å². The molecule has 1 heterocycles. The molecule has 130 valence electrons. The zero-order valence-corrected chi connectivity index (χ0v) is 14.7. The van der Waals surface area contributed by atoms with Crippen LogP contribution in [0.15, 0.2) is 30.3 Å². The molecule has 1 aromatic heterocycles. The lowest BCUT2D eigenvalue weighted by Gasteiger charge is -2.09. The van der Waals surface area contributed by atoms with Crippen molar-refractivity contribution in [1.82, 2.24) is 9.78 Å². The van der Waals surface area contributed by atoms with Crippen LogP contribution in [0.4, 0.5) is 0 Å². The summed E-state index contributed by atoms with van der Waals surface area (Å²) in [6, 6.07) is 10.1. The average molecular weight is 330 g/mol. The van der Waals surface area contributed by atoms with E-state index in [-0.39, 0.29) is 5.97 Å². The highest BCUT2D eigenvalue weighted by Gasteiger charge is 2.03. The van der Waals surface area contributed by atoms with Crippen LogP contribution in [0.5, 0.6) is 5.75 Å². The molecule has 0 atom stereocenters. The molecule has 5 heteroatoms. The molecule has 0 bridgehead atoms. The first-order chi connectivity index (χ1) is 11.6. The van der Waals surface area contributed by atoms with Crippen molar-refractivity contribution in [2.75, 3.05) is 6.61 Å². The number of unbranched alkanes of at least 4 members (excludes halogenated alkanes) is 1. The van der Waals surface area contributed by atoms with Crippen LogP contribution in [-0.4, -0.2) is 22.4 Å². The molecule has 0 spiro atoms. The first-order valence-electron chi connectivity index (χ1n) is 8.47. The highest BCUT2D eigenvalue weighted by atomic mass is 16.5. The fourth-order valence-corrected chi connectivity index (χ4v) is 2.53. The number of hydrogen-bond acceptors (Lipinski definition) is 4. The van der Waals surface area contributed by atoms with Crippen LogP contribution < -0.4 is 4.74 Å². The molecular weight excluding hydrogens is 304 g/mol. The van der Waals surface area contributed by atoms with Crippen LogP contribution in [0, 0.1) is 13.8 Å². The Balaban J connectivity index is 1.72. The lowest BCUT2D eigenvalue weighted by Crippen LogP contribution is -2.08. The Morgan fingerprint density at radius 1 is 1.17 bits per heavy atom. The van der Waals surface area contributed by atoms with Crippen LogP contribution in [-0.2, 0) is 22.7 Å². The summed E-state index contributed by atoms with van der Waals surface area (Å²) >= 11 is 0. The summed E-state index contributed by atoms with van der Waals surface area (Å²) in [6.45, 7) is 6.69. The van der Waals surface area contributed by atoms with E-state index in [1.165, 1.54) is 5.56 Å². The quantitative estimate of drug-likeness (QED) is 0.518. The number of esters is 1. The standard InChI is InChI=1S/C19H26N2O3/c1-4-23-19(22)8-6-5-7-17-9-11-18(12-10-17)24-14-21-16(3)13-15(2)20-21/h9-13H,4-8,14H2,1-3H3. The Labute approximate surface area is 143 Å². The van der Waals surface area contributed by atoms with E-state index < -0.39 is 0 Å².